The Bertz CT molecular complexity index is 963. The lowest BCUT2D eigenvalue weighted by atomic mass is 9.75. The molecule has 1 saturated heterocycles. The van der Waals surface area contributed by atoms with E-state index in [0.29, 0.717) is 13.0 Å². The number of ether oxygens (including phenoxy) is 2. The Morgan fingerprint density at radius 1 is 0.938 bits per heavy atom. The van der Waals surface area contributed by atoms with E-state index in [1.165, 1.54) is 7.11 Å². The second kappa shape index (κ2) is 9.82. The van der Waals surface area contributed by atoms with Crippen molar-refractivity contribution in [3.05, 3.63) is 108 Å². The molecule has 0 radical (unpaired) electrons. The van der Waals surface area contributed by atoms with Gasteiger partial charge in [0.1, 0.15) is 12.6 Å². The number of hydrogen-bond donors (Lipinski definition) is 0. The minimum atomic E-state index is -0.711. The number of likely N-dealkylation sites (tertiary alicyclic amines) is 1. The molecule has 3 aromatic carbocycles. The van der Waals surface area contributed by atoms with Crippen molar-refractivity contribution in [2.75, 3.05) is 20.3 Å². The van der Waals surface area contributed by atoms with Crippen LogP contribution in [0.3, 0.4) is 0 Å². The molecule has 4 nitrogen and oxygen atoms in total. The first-order chi connectivity index (χ1) is 15.7. The summed E-state index contributed by atoms with van der Waals surface area (Å²) in [5.74, 6) is 2.27. The van der Waals surface area contributed by atoms with Crippen molar-refractivity contribution in [3.8, 4) is 12.3 Å². The SMILES string of the molecule is C#CCOC1C[C@@H](C(=O)OC)N(C(c2ccccc2)(c2ccccc2)c2ccccc2)C1. The van der Waals surface area contributed by atoms with Gasteiger partial charge in [0.15, 0.2) is 0 Å². The Morgan fingerprint density at radius 2 is 1.41 bits per heavy atom. The molecule has 1 aliphatic rings. The van der Waals surface area contributed by atoms with E-state index < -0.39 is 11.6 Å². The molecular formula is C28H27NO3. The molecule has 0 spiro atoms. The number of nitrogens with zero attached hydrogens (tertiary/aromatic N) is 1. The highest BCUT2D eigenvalue weighted by Crippen LogP contribution is 2.46. The number of hydrogen-bond acceptors (Lipinski definition) is 4. The predicted octanol–water partition coefficient (Wildman–Crippen LogP) is 4.24. The molecule has 3 aromatic rings. The second-order valence-electron chi connectivity index (χ2n) is 7.87. The number of rotatable bonds is 7. The zero-order chi connectivity index (χ0) is 22.4. The fourth-order valence-corrected chi connectivity index (χ4v) is 4.85. The van der Waals surface area contributed by atoms with Gasteiger partial charge in [-0.2, -0.15) is 0 Å². The lowest BCUT2D eigenvalue weighted by molar-refractivity contribution is -0.147. The number of benzene rings is 3. The molecule has 4 rings (SSSR count). The highest BCUT2D eigenvalue weighted by molar-refractivity contribution is 5.77. The molecule has 1 aliphatic heterocycles. The number of terminal acetylenes is 1. The number of esters is 1. The molecule has 0 N–H and O–H groups in total. The zero-order valence-corrected chi connectivity index (χ0v) is 18.2. The third-order valence-corrected chi connectivity index (χ3v) is 6.14. The maximum Gasteiger partial charge on any atom is 0.323 e. The van der Waals surface area contributed by atoms with Crippen molar-refractivity contribution in [3.63, 3.8) is 0 Å². The first-order valence-corrected chi connectivity index (χ1v) is 10.8. The first-order valence-electron chi connectivity index (χ1n) is 10.8. The van der Waals surface area contributed by atoms with Gasteiger partial charge in [0.05, 0.1) is 18.8 Å². The summed E-state index contributed by atoms with van der Waals surface area (Å²) in [5.41, 5.74) is 2.51. The maximum atomic E-state index is 13.0. The Balaban J connectivity index is 1.98. The molecule has 4 heteroatoms. The summed E-state index contributed by atoms with van der Waals surface area (Å²) in [5, 5.41) is 0. The van der Waals surface area contributed by atoms with Gasteiger partial charge in [-0.15, -0.1) is 6.42 Å². The van der Waals surface area contributed by atoms with Crippen LogP contribution in [0.25, 0.3) is 0 Å². The van der Waals surface area contributed by atoms with E-state index in [2.05, 4.69) is 47.2 Å². The van der Waals surface area contributed by atoms with Gasteiger partial charge in [-0.05, 0) is 16.7 Å². The maximum absolute atomic E-state index is 13.0. The predicted molar refractivity (Wildman–Crippen MR) is 125 cm³/mol. The Labute approximate surface area is 189 Å². The van der Waals surface area contributed by atoms with Crippen LogP contribution in [0.4, 0.5) is 0 Å². The molecule has 0 bridgehead atoms. The second-order valence-corrected chi connectivity index (χ2v) is 7.87. The average molecular weight is 426 g/mol. The number of carbonyl (C=O) groups is 1. The van der Waals surface area contributed by atoms with E-state index in [1.54, 1.807) is 0 Å². The van der Waals surface area contributed by atoms with Crippen LogP contribution in [0.1, 0.15) is 23.1 Å². The fraction of sp³-hybridized carbons (Fsp3) is 0.250. The van der Waals surface area contributed by atoms with Crippen LogP contribution in [-0.2, 0) is 19.8 Å². The lowest BCUT2D eigenvalue weighted by Crippen LogP contribution is -2.53. The third-order valence-electron chi connectivity index (χ3n) is 6.14. The topological polar surface area (TPSA) is 38.8 Å². The van der Waals surface area contributed by atoms with Gasteiger partial charge in [-0.25, -0.2) is 0 Å². The molecule has 0 aliphatic carbocycles. The Morgan fingerprint density at radius 3 is 1.81 bits per heavy atom. The van der Waals surface area contributed by atoms with E-state index in [0.717, 1.165) is 16.7 Å². The van der Waals surface area contributed by atoms with Crippen molar-refractivity contribution < 1.29 is 14.3 Å². The Hall–Kier alpha value is -3.39. The summed E-state index contributed by atoms with van der Waals surface area (Å²) in [6.07, 6.45) is 5.78. The van der Waals surface area contributed by atoms with E-state index >= 15 is 0 Å². The standard InChI is InChI=1S/C28H27NO3/c1-3-19-32-25-20-26(27(30)31-2)29(21-25)28(22-13-7-4-8-14-22,23-15-9-5-10-16-23)24-17-11-6-12-18-24/h1,4-18,25-26H,19-21H2,2H3/t25?,26-/m0/s1. The van der Waals surface area contributed by atoms with Crippen LogP contribution in [0.15, 0.2) is 91.0 Å². The van der Waals surface area contributed by atoms with Crippen LogP contribution < -0.4 is 0 Å². The highest BCUT2D eigenvalue weighted by Gasteiger charge is 2.51. The van der Waals surface area contributed by atoms with Crippen molar-refractivity contribution in [2.24, 2.45) is 0 Å². The molecular weight excluding hydrogens is 398 g/mol. The van der Waals surface area contributed by atoms with Crippen molar-refractivity contribution >= 4 is 5.97 Å². The van der Waals surface area contributed by atoms with Crippen molar-refractivity contribution in [2.45, 2.75) is 24.1 Å². The van der Waals surface area contributed by atoms with Gasteiger partial charge in [0, 0.05) is 13.0 Å². The van der Waals surface area contributed by atoms with Gasteiger partial charge in [0.25, 0.3) is 0 Å². The monoisotopic (exact) mass is 425 g/mol. The molecule has 1 unspecified atom stereocenters. The van der Waals surface area contributed by atoms with Gasteiger partial charge in [0.2, 0.25) is 0 Å². The smallest absolute Gasteiger partial charge is 0.323 e. The van der Waals surface area contributed by atoms with Crippen molar-refractivity contribution in [1.29, 1.82) is 0 Å². The van der Waals surface area contributed by atoms with E-state index in [9.17, 15) is 4.79 Å². The van der Waals surface area contributed by atoms with Crippen LogP contribution in [0.5, 0.6) is 0 Å². The zero-order valence-electron chi connectivity index (χ0n) is 18.2. The Kier molecular flexibility index (Phi) is 6.70. The first kappa shape index (κ1) is 21.8. The van der Waals surface area contributed by atoms with E-state index in [4.69, 9.17) is 15.9 Å². The van der Waals surface area contributed by atoms with E-state index in [-0.39, 0.29) is 18.7 Å². The highest BCUT2D eigenvalue weighted by atomic mass is 16.5. The van der Waals surface area contributed by atoms with Crippen LogP contribution in [-0.4, -0.2) is 43.3 Å². The lowest BCUT2D eigenvalue weighted by Gasteiger charge is -2.45. The van der Waals surface area contributed by atoms with Gasteiger partial charge in [-0.1, -0.05) is 96.9 Å². The molecule has 1 fully saturated rings. The molecule has 162 valence electrons. The summed E-state index contributed by atoms with van der Waals surface area (Å²) in [6.45, 7) is 0.752. The molecule has 2 atom stereocenters. The van der Waals surface area contributed by atoms with Crippen LogP contribution in [0.2, 0.25) is 0 Å². The fourth-order valence-electron chi connectivity index (χ4n) is 4.85. The van der Waals surface area contributed by atoms with Crippen LogP contribution in [0, 0.1) is 12.3 Å². The number of methoxy groups -OCH3 is 1. The molecule has 0 aromatic heterocycles. The summed E-state index contributed by atoms with van der Waals surface area (Å²) in [4.78, 5) is 15.2. The van der Waals surface area contributed by atoms with E-state index in [1.807, 2.05) is 54.6 Å². The van der Waals surface area contributed by atoms with Crippen LogP contribution >= 0.6 is 0 Å². The van der Waals surface area contributed by atoms with Gasteiger partial charge >= 0.3 is 5.97 Å². The summed E-state index contributed by atoms with van der Waals surface area (Å²) >= 11 is 0. The minimum Gasteiger partial charge on any atom is -0.468 e. The van der Waals surface area contributed by atoms with Gasteiger partial charge < -0.3 is 9.47 Å². The molecule has 0 saturated carbocycles. The minimum absolute atomic E-state index is 0.175. The summed E-state index contributed by atoms with van der Waals surface area (Å²) < 4.78 is 11.2. The normalized spacial score (nSPS) is 18.8. The molecule has 0 amide bonds. The average Bonchev–Trinajstić information content (AvgIpc) is 3.29. The third kappa shape index (κ3) is 3.93. The number of carbonyl (C=O) groups excluding carboxylic acids is 1. The summed E-state index contributed by atoms with van der Waals surface area (Å²) in [7, 11) is 1.44. The van der Waals surface area contributed by atoms with Crippen molar-refractivity contribution in [1.82, 2.24) is 4.90 Å². The molecule has 1 heterocycles. The largest absolute Gasteiger partial charge is 0.468 e. The summed E-state index contributed by atoms with van der Waals surface area (Å²) in [6, 6.07) is 30.4. The molecule has 32 heavy (non-hydrogen) atoms. The quantitative estimate of drug-likeness (QED) is 0.322. The van der Waals surface area contributed by atoms with Gasteiger partial charge in [-0.3, -0.25) is 9.69 Å².